The number of piperidine rings is 1. The quantitative estimate of drug-likeness (QED) is 0.847. The Morgan fingerprint density at radius 2 is 2.26 bits per heavy atom. The molecule has 0 aromatic heterocycles. The molecule has 1 aromatic carbocycles. The van der Waals surface area contributed by atoms with E-state index in [0.717, 1.165) is 22.8 Å². The number of nitrogens with two attached hydrogens (primary N) is 1. The van der Waals surface area contributed by atoms with Gasteiger partial charge in [0.1, 0.15) is 4.99 Å². The zero-order valence-electron chi connectivity index (χ0n) is 11.4. The molecule has 2 nitrogen and oxygen atoms in total. The average molecular weight is 297 g/mol. The van der Waals surface area contributed by atoms with Gasteiger partial charge in [-0.2, -0.15) is 0 Å². The summed E-state index contributed by atoms with van der Waals surface area (Å²) in [7, 11) is 0. The van der Waals surface area contributed by atoms with Crippen LogP contribution in [0.4, 0.5) is 5.69 Å². The number of rotatable bonds is 4. The zero-order valence-corrected chi connectivity index (χ0v) is 12.9. The van der Waals surface area contributed by atoms with Gasteiger partial charge in [0.25, 0.3) is 0 Å². The number of halogens is 1. The molecule has 1 saturated heterocycles. The summed E-state index contributed by atoms with van der Waals surface area (Å²) in [5.74, 6) is 0. The lowest BCUT2D eigenvalue weighted by Gasteiger charge is -2.38. The van der Waals surface area contributed by atoms with E-state index in [0.29, 0.717) is 11.0 Å². The maximum atomic E-state index is 6.15. The van der Waals surface area contributed by atoms with Gasteiger partial charge in [0, 0.05) is 28.9 Å². The fourth-order valence-corrected chi connectivity index (χ4v) is 3.24. The van der Waals surface area contributed by atoms with Crippen LogP contribution in [-0.4, -0.2) is 17.6 Å². The lowest BCUT2D eigenvalue weighted by molar-refractivity contribution is 0.434. The van der Waals surface area contributed by atoms with E-state index >= 15 is 0 Å². The Bertz CT molecular complexity index is 459. The van der Waals surface area contributed by atoms with Crippen molar-refractivity contribution in [2.75, 3.05) is 11.4 Å². The first-order valence-corrected chi connectivity index (χ1v) is 7.78. The van der Waals surface area contributed by atoms with Gasteiger partial charge < -0.3 is 10.6 Å². The van der Waals surface area contributed by atoms with Crippen LogP contribution in [-0.2, 0) is 0 Å². The topological polar surface area (TPSA) is 29.3 Å². The summed E-state index contributed by atoms with van der Waals surface area (Å²) in [6.45, 7) is 3.31. The second-order valence-corrected chi connectivity index (χ2v) is 6.03. The minimum atomic E-state index is 0.451. The van der Waals surface area contributed by atoms with Crippen molar-refractivity contribution < 1.29 is 0 Å². The molecule has 19 heavy (non-hydrogen) atoms. The van der Waals surface area contributed by atoms with Crippen molar-refractivity contribution in [1.82, 2.24) is 0 Å². The number of anilines is 1. The fraction of sp³-hybridized carbons (Fsp3) is 0.533. The Labute approximate surface area is 125 Å². The Balaban J connectivity index is 2.37. The monoisotopic (exact) mass is 296 g/mol. The van der Waals surface area contributed by atoms with Gasteiger partial charge >= 0.3 is 0 Å². The predicted molar refractivity (Wildman–Crippen MR) is 87.2 cm³/mol. The van der Waals surface area contributed by atoms with E-state index in [1.54, 1.807) is 0 Å². The summed E-state index contributed by atoms with van der Waals surface area (Å²) in [6.07, 6.45) is 6.19. The second-order valence-electron chi connectivity index (χ2n) is 5.16. The van der Waals surface area contributed by atoms with Gasteiger partial charge in [-0.15, -0.1) is 0 Å². The molecule has 0 bridgehead atoms. The molecular formula is C15H21ClN2S. The SMILES string of the molecule is CCCC1CCCCN1c1cc(Cl)ccc1C(N)=S. The van der Waals surface area contributed by atoms with Crippen LogP contribution in [0.5, 0.6) is 0 Å². The Kier molecular flexibility index (Phi) is 5.06. The Morgan fingerprint density at radius 1 is 1.47 bits per heavy atom. The van der Waals surface area contributed by atoms with Crippen molar-refractivity contribution in [3.8, 4) is 0 Å². The van der Waals surface area contributed by atoms with Crippen molar-refractivity contribution in [2.24, 2.45) is 5.73 Å². The third kappa shape index (κ3) is 3.40. The number of nitrogens with zero attached hydrogens (tertiary/aromatic N) is 1. The van der Waals surface area contributed by atoms with E-state index in [9.17, 15) is 0 Å². The zero-order chi connectivity index (χ0) is 13.8. The summed E-state index contributed by atoms with van der Waals surface area (Å²) < 4.78 is 0. The summed E-state index contributed by atoms with van der Waals surface area (Å²) in [4.78, 5) is 2.90. The van der Waals surface area contributed by atoms with Crippen LogP contribution in [0.1, 0.15) is 44.6 Å². The normalized spacial score (nSPS) is 19.5. The highest BCUT2D eigenvalue weighted by atomic mass is 35.5. The van der Waals surface area contributed by atoms with Crippen LogP contribution in [0.3, 0.4) is 0 Å². The Hall–Kier alpha value is -0.800. The van der Waals surface area contributed by atoms with Crippen molar-refractivity contribution in [2.45, 2.75) is 45.1 Å². The van der Waals surface area contributed by atoms with Crippen molar-refractivity contribution >= 4 is 34.5 Å². The summed E-state index contributed by atoms with van der Waals surface area (Å²) >= 11 is 11.3. The minimum Gasteiger partial charge on any atom is -0.389 e. The smallest absolute Gasteiger partial charge is 0.106 e. The average Bonchev–Trinajstić information content (AvgIpc) is 2.39. The van der Waals surface area contributed by atoms with Gasteiger partial charge in [0.15, 0.2) is 0 Å². The van der Waals surface area contributed by atoms with Gasteiger partial charge in [-0.3, -0.25) is 0 Å². The minimum absolute atomic E-state index is 0.451. The van der Waals surface area contributed by atoms with E-state index in [1.807, 2.05) is 18.2 Å². The van der Waals surface area contributed by atoms with Gasteiger partial charge in [-0.05, 0) is 43.9 Å². The van der Waals surface area contributed by atoms with Crippen molar-refractivity contribution in [3.63, 3.8) is 0 Å². The van der Waals surface area contributed by atoms with Crippen molar-refractivity contribution in [3.05, 3.63) is 28.8 Å². The van der Waals surface area contributed by atoms with E-state index in [2.05, 4.69) is 11.8 Å². The largest absolute Gasteiger partial charge is 0.389 e. The maximum absolute atomic E-state index is 6.15. The molecule has 2 N–H and O–H groups in total. The van der Waals surface area contributed by atoms with E-state index < -0.39 is 0 Å². The molecule has 1 unspecified atom stereocenters. The Morgan fingerprint density at radius 3 is 2.95 bits per heavy atom. The summed E-state index contributed by atoms with van der Waals surface area (Å²) in [5, 5.41) is 0.746. The summed E-state index contributed by atoms with van der Waals surface area (Å²) in [5.41, 5.74) is 7.91. The molecule has 4 heteroatoms. The number of hydrogen-bond donors (Lipinski definition) is 1. The first kappa shape index (κ1) is 14.6. The number of thiocarbonyl (C=S) groups is 1. The highest BCUT2D eigenvalue weighted by Crippen LogP contribution is 2.32. The standard InChI is InChI=1S/C15H21ClN2S/c1-2-5-12-6-3-4-9-18(12)14-10-11(16)7-8-13(14)15(17)19/h7-8,10,12H,2-6,9H2,1H3,(H2,17,19). The molecule has 0 amide bonds. The molecular weight excluding hydrogens is 276 g/mol. The van der Waals surface area contributed by atoms with E-state index in [4.69, 9.17) is 29.6 Å². The van der Waals surface area contributed by atoms with Crippen LogP contribution in [0, 0.1) is 0 Å². The van der Waals surface area contributed by atoms with Crippen LogP contribution in [0.2, 0.25) is 5.02 Å². The maximum Gasteiger partial charge on any atom is 0.106 e. The number of benzene rings is 1. The summed E-state index contributed by atoms with van der Waals surface area (Å²) in [6, 6.07) is 6.39. The molecule has 1 aromatic rings. The fourth-order valence-electron chi connectivity index (χ4n) is 2.90. The molecule has 0 spiro atoms. The van der Waals surface area contributed by atoms with Crippen molar-refractivity contribution in [1.29, 1.82) is 0 Å². The molecule has 1 aliphatic rings. The molecule has 1 atom stereocenters. The predicted octanol–water partition coefficient (Wildman–Crippen LogP) is 4.13. The highest BCUT2D eigenvalue weighted by molar-refractivity contribution is 7.80. The number of hydrogen-bond acceptors (Lipinski definition) is 2. The molecule has 0 aliphatic carbocycles. The second kappa shape index (κ2) is 6.58. The van der Waals surface area contributed by atoms with Crippen LogP contribution >= 0.6 is 23.8 Å². The van der Waals surface area contributed by atoms with Gasteiger partial charge in [-0.1, -0.05) is 37.2 Å². The highest BCUT2D eigenvalue weighted by Gasteiger charge is 2.24. The third-order valence-electron chi connectivity index (χ3n) is 3.78. The third-order valence-corrected chi connectivity index (χ3v) is 4.24. The molecule has 1 fully saturated rings. The van der Waals surface area contributed by atoms with Crippen LogP contribution in [0.15, 0.2) is 18.2 Å². The van der Waals surface area contributed by atoms with E-state index in [-0.39, 0.29) is 0 Å². The van der Waals surface area contributed by atoms with Crippen LogP contribution < -0.4 is 10.6 Å². The first-order chi connectivity index (χ1) is 9.13. The van der Waals surface area contributed by atoms with Gasteiger partial charge in [-0.25, -0.2) is 0 Å². The molecule has 104 valence electrons. The molecule has 0 saturated carbocycles. The van der Waals surface area contributed by atoms with Gasteiger partial charge in [0.05, 0.1) is 0 Å². The molecule has 1 heterocycles. The van der Waals surface area contributed by atoms with E-state index in [1.165, 1.54) is 32.1 Å². The lowest BCUT2D eigenvalue weighted by atomic mass is 9.96. The van der Waals surface area contributed by atoms with Crippen LogP contribution in [0.25, 0.3) is 0 Å². The molecule has 0 radical (unpaired) electrons. The molecule has 2 rings (SSSR count). The van der Waals surface area contributed by atoms with Gasteiger partial charge in [0.2, 0.25) is 0 Å². The lowest BCUT2D eigenvalue weighted by Crippen LogP contribution is -2.40. The molecule has 1 aliphatic heterocycles. The first-order valence-electron chi connectivity index (χ1n) is 6.99.